The molecule has 116 valence electrons. The van der Waals surface area contributed by atoms with Crippen LogP contribution in [0.25, 0.3) is 10.8 Å². The number of aryl methyl sites for hydroxylation is 1. The molecule has 0 saturated carbocycles. The van der Waals surface area contributed by atoms with Crippen molar-refractivity contribution in [1.82, 2.24) is 0 Å². The molecule has 3 aromatic carbocycles. The van der Waals surface area contributed by atoms with Crippen molar-refractivity contribution < 1.29 is 9.53 Å². The number of rotatable bonds is 3. The number of benzene rings is 3. The zero-order chi connectivity index (χ0) is 16.4. The molecule has 0 aromatic heterocycles. The molecule has 0 aliphatic rings. The Morgan fingerprint density at radius 3 is 2.35 bits per heavy atom. The van der Waals surface area contributed by atoms with Gasteiger partial charge in [0.15, 0.2) is 0 Å². The summed E-state index contributed by atoms with van der Waals surface area (Å²) in [5.41, 5.74) is 2.98. The quantitative estimate of drug-likeness (QED) is 0.472. The highest BCUT2D eigenvalue weighted by Crippen LogP contribution is 2.24. The van der Waals surface area contributed by atoms with Crippen LogP contribution in [0.2, 0.25) is 0 Å². The number of ether oxygens (including phenoxy) is 1. The van der Waals surface area contributed by atoms with Gasteiger partial charge in [-0.2, -0.15) is 0 Å². The van der Waals surface area contributed by atoms with Gasteiger partial charge in [-0.1, -0.05) is 50.2 Å². The average molecular weight is 304 g/mol. The second-order valence-electron chi connectivity index (χ2n) is 6.12. The van der Waals surface area contributed by atoms with Crippen LogP contribution in [0.4, 0.5) is 0 Å². The van der Waals surface area contributed by atoms with Gasteiger partial charge in [0.1, 0.15) is 5.75 Å². The minimum absolute atomic E-state index is 0.326. The van der Waals surface area contributed by atoms with E-state index in [1.54, 1.807) is 6.07 Å². The van der Waals surface area contributed by atoms with Gasteiger partial charge in [0.2, 0.25) is 0 Å². The maximum Gasteiger partial charge on any atom is 0.343 e. The number of esters is 1. The molecule has 0 bridgehead atoms. The SMILES string of the molecule is Cc1cc(OC(=O)c2ccc3ccccc3c2)ccc1C(C)C. The van der Waals surface area contributed by atoms with Crippen LogP contribution >= 0.6 is 0 Å². The van der Waals surface area contributed by atoms with E-state index in [2.05, 4.69) is 13.8 Å². The Bertz CT molecular complexity index is 863. The molecule has 0 amide bonds. The van der Waals surface area contributed by atoms with Crippen molar-refractivity contribution in [3.05, 3.63) is 77.4 Å². The maximum atomic E-state index is 12.4. The number of carbonyl (C=O) groups is 1. The lowest BCUT2D eigenvalue weighted by atomic mass is 9.98. The summed E-state index contributed by atoms with van der Waals surface area (Å²) >= 11 is 0. The molecular weight excluding hydrogens is 284 g/mol. The first-order valence-corrected chi connectivity index (χ1v) is 7.86. The minimum atomic E-state index is -0.326. The topological polar surface area (TPSA) is 26.3 Å². The molecule has 0 N–H and O–H groups in total. The van der Waals surface area contributed by atoms with Crippen molar-refractivity contribution in [1.29, 1.82) is 0 Å². The fraction of sp³-hybridized carbons (Fsp3) is 0.190. The highest BCUT2D eigenvalue weighted by atomic mass is 16.5. The Hall–Kier alpha value is -2.61. The van der Waals surface area contributed by atoms with Crippen molar-refractivity contribution in [2.45, 2.75) is 26.7 Å². The van der Waals surface area contributed by atoms with Crippen LogP contribution in [-0.4, -0.2) is 5.97 Å². The molecule has 0 aliphatic heterocycles. The van der Waals surface area contributed by atoms with E-state index < -0.39 is 0 Å². The molecule has 2 heteroatoms. The summed E-state index contributed by atoms with van der Waals surface area (Å²) in [6, 6.07) is 19.4. The molecule has 0 heterocycles. The summed E-state index contributed by atoms with van der Waals surface area (Å²) in [4.78, 5) is 12.4. The summed E-state index contributed by atoms with van der Waals surface area (Å²) in [5.74, 6) is 0.720. The second-order valence-corrected chi connectivity index (χ2v) is 6.12. The predicted molar refractivity (Wildman–Crippen MR) is 94.2 cm³/mol. The van der Waals surface area contributed by atoms with E-state index in [4.69, 9.17) is 4.74 Å². The van der Waals surface area contributed by atoms with Gasteiger partial charge in [-0.15, -0.1) is 0 Å². The van der Waals surface area contributed by atoms with Gasteiger partial charge in [-0.25, -0.2) is 4.79 Å². The number of carbonyl (C=O) groups excluding carboxylic acids is 1. The summed E-state index contributed by atoms with van der Waals surface area (Å²) in [6.07, 6.45) is 0. The molecule has 0 atom stereocenters. The fourth-order valence-electron chi connectivity index (χ4n) is 2.84. The van der Waals surface area contributed by atoms with Crippen LogP contribution < -0.4 is 4.74 Å². The highest BCUT2D eigenvalue weighted by Gasteiger charge is 2.11. The van der Waals surface area contributed by atoms with Gasteiger partial charge >= 0.3 is 5.97 Å². The van der Waals surface area contributed by atoms with Crippen LogP contribution in [0.3, 0.4) is 0 Å². The Morgan fingerprint density at radius 1 is 0.913 bits per heavy atom. The van der Waals surface area contributed by atoms with Gasteiger partial charge in [0.05, 0.1) is 5.56 Å². The molecule has 3 rings (SSSR count). The summed E-state index contributed by atoms with van der Waals surface area (Å²) in [5, 5.41) is 2.15. The first-order valence-electron chi connectivity index (χ1n) is 7.86. The third kappa shape index (κ3) is 3.26. The maximum absolute atomic E-state index is 12.4. The number of fused-ring (bicyclic) bond motifs is 1. The lowest BCUT2D eigenvalue weighted by Gasteiger charge is -2.11. The first kappa shape index (κ1) is 15.3. The zero-order valence-electron chi connectivity index (χ0n) is 13.7. The Balaban J connectivity index is 1.84. The average Bonchev–Trinajstić information content (AvgIpc) is 2.54. The molecular formula is C21H20O2. The van der Waals surface area contributed by atoms with Crippen LogP contribution in [0.1, 0.15) is 41.3 Å². The fourth-order valence-corrected chi connectivity index (χ4v) is 2.84. The van der Waals surface area contributed by atoms with E-state index in [-0.39, 0.29) is 5.97 Å². The van der Waals surface area contributed by atoms with Gasteiger partial charge < -0.3 is 4.74 Å². The highest BCUT2D eigenvalue weighted by molar-refractivity contribution is 5.96. The van der Waals surface area contributed by atoms with E-state index >= 15 is 0 Å². The summed E-state index contributed by atoms with van der Waals surface area (Å²) in [6.45, 7) is 6.36. The minimum Gasteiger partial charge on any atom is -0.423 e. The van der Waals surface area contributed by atoms with Crippen LogP contribution in [0.5, 0.6) is 5.75 Å². The van der Waals surface area contributed by atoms with E-state index in [0.717, 1.165) is 16.3 Å². The standard InChI is InChI=1S/C21H20O2/c1-14(2)20-11-10-19(12-15(20)3)23-21(22)18-9-8-16-6-4-5-7-17(16)13-18/h4-14H,1-3H3. The van der Waals surface area contributed by atoms with Gasteiger partial charge in [0.25, 0.3) is 0 Å². The molecule has 0 saturated heterocycles. The summed E-state index contributed by atoms with van der Waals surface area (Å²) < 4.78 is 5.53. The van der Waals surface area contributed by atoms with Crippen LogP contribution in [0, 0.1) is 6.92 Å². The molecule has 0 aliphatic carbocycles. The molecule has 3 aromatic rings. The van der Waals surface area contributed by atoms with Crippen molar-refractivity contribution in [2.75, 3.05) is 0 Å². The van der Waals surface area contributed by atoms with Gasteiger partial charge in [0, 0.05) is 0 Å². The zero-order valence-corrected chi connectivity index (χ0v) is 13.7. The first-order chi connectivity index (χ1) is 11.0. The van der Waals surface area contributed by atoms with E-state index in [1.165, 1.54) is 5.56 Å². The Labute approximate surface area is 136 Å². The lowest BCUT2D eigenvalue weighted by molar-refractivity contribution is 0.0735. The van der Waals surface area contributed by atoms with Crippen molar-refractivity contribution in [3.63, 3.8) is 0 Å². The molecule has 0 unspecified atom stereocenters. The van der Waals surface area contributed by atoms with Gasteiger partial charge in [-0.05, 0) is 59.0 Å². The monoisotopic (exact) mass is 304 g/mol. The molecule has 2 nitrogen and oxygen atoms in total. The third-order valence-corrected chi connectivity index (χ3v) is 4.06. The Kier molecular flexibility index (Phi) is 4.16. The molecule has 23 heavy (non-hydrogen) atoms. The largest absolute Gasteiger partial charge is 0.423 e. The van der Waals surface area contributed by atoms with Crippen LogP contribution in [0.15, 0.2) is 60.7 Å². The lowest BCUT2D eigenvalue weighted by Crippen LogP contribution is -2.08. The van der Waals surface area contributed by atoms with Crippen molar-refractivity contribution >= 4 is 16.7 Å². The Morgan fingerprint density at radius 2 is 1.65 bits per heavy atom. The van der Waals surface area contributed by atoms with E-state index in [1.807, 2.05) is 61.5 Å². The third-order valence-electron chi connectivity index (χ3n) is 4.06. The van der Waals surface area contributed by atoms with Crippen molar-refractivity contribution in [2.24, 2.45) is 0 Å². The number of hydrogen-bond acceptors (Lipinski definition) is 2. The molecule has 0 radical (unpaired) electrons. The van der Waals surface area contributed by atoms with E-state index in [9.17, 15) is 4.79 Å². The number of hydrogen-bond donors (Lipinski definition) is 0. The van der Waals surface area contributed by atoms with Gasteiger partial charge in [-0.3, -0.25) is 0 Å². The van der Waals surface area contributed by atoms with Crippen LogP contribution in [-0.2, 0) is 0 Å². The normalized spacial score (nSPS) is 11.0. The molecule has 0 spiro atoms. The van der Waals surface area contributed by atoms with E-state index in [0.29, 0.717) is 17.2 Å². The second kappa shape index (κ2) is 6.25. The van der Waals surface area contributed by atoms with Crippen molar-refractivity contribution in [3.8, 4) is 5.75 Å². The smallest absolute Gasteiger partial charge is 0.343 e. The summed E-state index contributed by atoms with van der Waals surface area (Å²) in [7, 11) is 0. The predicted octanol–water partition coefficient (Wildman–Crippen LogP) is 5.49. The molecule has 0 fully saturated rings.